The third-order valence-corrected chi connectivity index (χ3v) is 2.52. The Labute approximate surface area is 100 Å². The molecule has 17 heavy (non-hydrogen) atoms. The fourth-order valence-corrected chi connectivity index (χ4v) is 1.66. The summed E-state index contributed by atoms with van der Waals surface area (Å²) in [7, 11) is 0. The van der Waals surface area contributed by atoms with E-state index in [0.29, 0.717) is 13.0 Å². The molecule has 1 unspecified atom stereocenters. The van der Waals surface area contributed by atoms with Gasteiger partial charge in [0.1, 0.15) is 12.7 Å². The van der Waals surface area contributed by atoms with E-state index in [1.165, 1.54) is 0 Å². The van der Waals surface area contributed by atoms with Gasteiger partial charge in [0.2, 0.25) is 0 Å². The molecule has 0 aliphatic carbocycles. The molecule has 4 nitrogen and oxygen atoms in total. The van der Waals surface area contributed by atoms with Gasteiger partial charge in [0.05, 0.1) is 12.1 Å². The van der Waals surface area contributed by atoms with Crippen molar-refractivity contribution in [2.75, 3.05) is 0 Å². The summed E-state index contributed by atoms with van der Waals surface area (Å²) in [4.78, 5) is 16.6. The molecule has 0 radical (unpaired) electrons. The average Bonchev–Trinajstić information content (AvgIpc) is 2.73. The molecule has 0 spiro atoms. The van der Waals surface area contributed by atoms with Crippen molar-refractivity contribution < 1.29 is 14.4 Å². The van der Waals surface area contributed by atoms with Crippen molar-refractivity contribution in [3.05, 3.63) is 35.9 Å². The van der Waals surface area contributed by atoms with E-state index >= 15 is 0 Å². The highest BCUT2D eigenvalue weighted by atomic mass is 16.6. The molecule has 0 saturated carbocycles. The Kier molecular flexibility index (Phi) is 3.75. The largest absolute Gasteiger partial charge is 0.461 e. The predicted octanol–water partition coefficient (Wildman–Crippen LogP) is 2.28. The molecule has 1 aromatic carbocycles. The number of oxime groups is 1. The van der Waals surface area contributed by atoms with Gasteiger partial charge in [-0.1, -0.05) is 35.5 Å². The van der Waals surface area contributed by atoms with E-state index in [0.717, 1.165) is 11.3 Å². The van der Waals surface area contributed by atoms with Crippen LogP contribution in [0.2, 0.25) is 0 Å². The van der Waals surface area contributed by atoms with Crippen LogP contribution < -0.4 is 0 Å². The zero-order valence-corrected chi connectivity index (χ0v) is 9.76. The number of hydrogen-bond donors (Lipinski definition) is 0. The Bertz CT molecular complexity index is 414. The first kappa shape index (κ1) is 11.6. The normalized spacial score (nSPS) is 18.4. The third kappa shape index (κ3) is 3.59. The number of nitrogens with zero attached hydrogens (tertiary/aromatic N) is 1. The first-order chi connectivity index (χ1) is 8.24. The molecule has 2 rings (SSSR count). The Morgan fingerprint density at radius 2 is 2.24 bits per heavy atom. The summed E-state index contributed by atoms with van der Waals surface area (Å²) in [5, 5.41) is 3.80. The lowest BCUT2D eigenvalue weighted by atomic mass is 10.1. The van der Waals surface area contributed by atoms with Gasteiger partial charge in [-0.25, -0.2) is 0 Å². The van der Waals surface area contributed by atoms with Gasteiger partial charge in [0.25, 0.3) is 0 Å². The van der Waals surface area contributed by atoms with Gasteiger partial charge in [-0.05, 0) is 12.5 Å². The quantitative estimate of drug-likeness (QED) is 0.749. The maximum Gasteiger partial charge on any atom is 0.310 e. The monoisotopic (exact) mass is 233 g/mol. The van der Waals surface area contributed by atoms with Gasteiger partial charge < -0.3 is 9.57 Å². The van der Waals surface area contributed by atoms with Crippen molar-refractivity contribution in [2.45, 2.75) is 32.5 Å². The van der Waals surface area contributed by atoms with Crippen LogP contribution in [0.25, 0.3) is 0 Å². The van der Waals surface area contributed by atoms with Gasteiger partial charge in [-0.3, -0.25) is 4.79 Å². The first-order valence-corrected chi connectivity index (χ1v) is 5.63. The lowest BCUT2D eigenvalue weighted by Crippen LogP contribution is -2.15. The number of benzene rings is 1. The van der Waals surface area contributed by atoms with Crippen LogP contribution in [-0.2, 0) is 21.0 Å². The molecular formula is C13H15NO3. The SMILES string of the molecule is CC1=NOC(CC(=O)OCc2ccccc2)C1. The summed E-state index contributed by atoms with van der Waals surface area (Å²) in [6, 6.07) is 9.61. The maximum atomic E-state index is 11.5. The molecule has 1 aliphatic rings. The topological polar surface area (TPSA) is 47.9 Å². The Morgan fingerprint density at radius 1 is 1.47 bits per heavy atom. The van der Waals surface area contributed by atoms with Crippen LogP contribution >= 0.6 is 0 Å². The summed E-state index contributed by atoms with van der Waals surface area (Å²) in [6.07, 6.45) is 0.812. The van der Waals surface area contributed by atoms with Crippen LogP contribution in [0.4, 0.5) is 0 Å². The molecule has 1 heterocycles. The highest BCUT2D eigenvalue weighted by molar-refractivity contribution is 5.83. The molecule has 1 atom stereocenters. The smallest absolute Gasteiger partial charge is 0.310 e. The fourth-order valence-electron chi connectivity index (χ4n) is 1.66. The number of ether oxygens (including phenoxy) is 1. The van der Waals surface area contributed by atoms with Crippen LogP contribution in [0.3, 0.4) is 0 Å². The second-order valence-electron chi connectivity index (χ2n) is 4.11. The number of carbonyl (C=O) groups excluding carboxylic acids is 1. The van der Waals surface area contributed by atoms with Crippen LogP contribution in [0.1, 0.15) is 25.3 Å². The lowest BCUT2D eigenvalue weighted by molar-refractivity contribution is -0.147. The zero-order chi connectivity index (χ0) is 12.1. The van der Waals surface area contributed by atoms with Gasteiger partial charge >= 0.3 is 5.97 Å². The molecule has 0 fully saturated rings. The molecule has 0 saturated heterocycles. The average molecular weight is 233 g/mol. The van der Waals surface area contributed by atoms with Crippen molar-refractivity contribution in [1.82, 2.24) is 0 Å². The minimum absolute atomic E-state index is 0.154. The highest BCUT2D eigenvalue weighted by Crippen LogP contribution is 2.14. The van der Waals surface area contributed by atoms with E-state index in [2.05, 4.69) is 5.16 Å². The summed E-state index contributed by atoms with van der Waals surface area (Å²) in [6.45, 7) is 2.20. The molecule has 4 heteroatoms. The number of esters is 1. The Hall–Kier alpha value is -1.84. The number of hydrogen-bond acceptors (Lipinski definition) is 4. The van der Waals surface area contributed by atoms with E-state index in [1.807, 2.05) is 37.3 Å². The predicted molar refractivity (Wildman–Crippen MR) is 63.5 cm³/mol. The molecule has 1 aromatic rings. The van der Waals surface area contributed by atoms with Crippen LogP contribution in [0, 0.1) is 0 Å². The van der Waals surface area contributed by atoms with Crippen LogP contribution in [0.5, 0.6) is 0 Å². The maximum absolute atomic E-state index is 11.5. The van der Waals surface area contributed by atoms with Gasteiger partial charge in [-0.15, -0.1) is 0 Å². The lowest BCUT2D eigenvalue weighted by Gasteiger charge is -2.08. The number of carbonyl (C=O) groups is 1. The Morgan fingerprint density at radius 3 is 2.88 bits per heavy atom. The summed E-state index contributed by atoms with van der Waals surface area (Å²) < 4.78 is 5.16. The third-order valence-electron chi connectivity index (χ3n) is 2.52. The standard InChI is InChI=1S/C13H15NO3/c1-10-7-12(17-14-10)8-13(15)16-9-11-5-3-2-4-6-11/h2-6,12H,7-9H2,1H3. The molecule has 0 bridgehead atoms. The van der Waals surface area contributed by atoms with Crippen molar-refractivity contribution in [1.29, 1.82) is 0 Å². The summed E-state index contributed by atoms with van der Waals surface area (Å²) in [5.41, 5.74) is 1.91. The minimum Gasteiger partial charge on any atom is -0.461 e. The Balaban J connectivity index is 1.72. The van der Waals surface area contributed by atoms with Crippen molar-refractivity contribution in [2.24, 2.45) is 5.16 Å². The van der Waals surface area contributed by atoms with Crippen LogP contribution in [0.15, 0.2) is 35.5 Å². The van der Waals surface area contributed by atoms with Gasteiger partial charge in [0.15, 0.2) is 0 Å². The summed E-state index contributed by atoms with van der Waals surface area (Å²) >= 11 is 0. The van der Waals surface area contributed by atoms with Gasteiger partial charge in [0, 0.05) is 6.42 Å². The van der Waals surface area contributed by atoms with E-state index in [4.69, 9.17) is 9.57 Å². The molecule has 1 aliphatic heterocycles. The molecular weight excluding hydrogens is 218 g/mol. The van der Waals surface area contributed by atoms with Gasteiger partial charge in [-0.2, -0.15) is 0 Å². The molecule has 90 valence electrons. The van der Waals surface area contributed by atoms with Crippen molar-refractivity contribution >= 4 is 11.7 Å². The molecule has 0 N–H and O–H groups in total. The molecule has 0 amide bonds. The van der Waals surface area contributed by atoms with E-state index in [-0.39, 0.29) is 18.5 Å². The zero-order valence-electron chi connectivity index (χ0n) is 9.76. The van der Waals surface area contributed by atoms with Crippen molar-refractivity contribution in [3.8, 4) is 0 Å². The van der Waals surface area contributed by atoms with Crippen LogP contribution in [-0.4, -0.2) is 17.8 Å². The second-order valence-corrected chi connectivity index (χ2v) is 4.11. The van der Waals surface area contributed by atoms with Crippen molar-refractivity contribution in [3.63, 3.8) is 0 Å². The first-order valence-electron chi connectivity index (χ1n) is 5.63. The minimum atomic E-state index is -0.247. The van der Waals surface area contributed by atoms with E-state index in [9.17, 15) is 4.79 Å². The summed E-state index contributed by atoms with van der Waals surface area (Å²) in [5.74, 6) is -0.247. The number of rotatable bonds is 4. The fraction of sp³-hybridized carbons (Fsp3) is 0.385. The second kappa shape index (κ2) is 5.48. The van der Waals surface area contributed by atoms with E-state index in [1.54, 1.807) is 0 Å². The molecule has 0 aromatic heterocycles. The van der Waals surface area contributed by atoms with E-state index < -0.39 is 0 Å². The highest BCUT2D eigenvalue weighted by Gasteiger charge is 2.22.